The summed E-state index contributed by atoms with van der Waals surface area (Å²) >= 11 is 0. The third kappa shape index (κ3) is 4.20. The molecule has 1 aromatic carbocycles. The van der Waals surface area contributed by atoms with Crippen LogP contribution < -0.4 is 0 Å². The Hall–Kier alpha value is -1.84. The van der Waals surface area contributed by atoms with Gasteiger partial charge in [0.15, 0.2) is 5.92 Å². The number of hydrogen-bond donors (Lipinski definition) is 0. The van der Waals surface area contributed by atoms with E-state index in [2.05, 4.69) is 4.74 Å². The van der Waals surface area contributed by atoms with Crippen LogP contribution in [0.3, 0.4) is 0 Å². The Morgan fingerprint density at radius 2 is 1.72 bits per heavy atom. The SMILES string of the molecule is COC(=O)C(Cc1ccccc1)C(=O)OC(C)C. The van der Waals surface area contributed by atoms with E-state index in [1.807, 2.05) is 30.3 Å². The van der Waals surface area contributed by atoms with Gasteiger partial charge in [-0.2, -0.15) is 0 Å². The fourth-order valence-corrected chi connectivity index (χ4v) is 1.57. The molecule has 0 heterocycles. The Labute approximate surface area is 107 Å². The molecule has 0 saturated carbocycles. The zero-order valence-electron chi connectivity index (χ0n) is 10.9. The van der Waals surface area contributed by atoms with Crippen molar-refractivity contribution in [3.05, 3.63) is 35.9 Å². The first-order chi connectivity index (χ1) is 8.54. The molecule has 0 aliphatic heterocycles. The number of carbonyl (C=O) groups excluding carboxylic acids is 2. The second kappa shape index (κ2) is 6.79. The Morgan fingerprint density at radius 3 is 2.22 bits per heavy atom. The highest BCUT2D eigenvalue weighted by Gasteiger charge is 2.29. The molecule has 1 unspecified atom stereocenters. The van der Waals surface area contributed by atoms with Crippen LogP contribution in [0, 0.1) is 5.92 Å². The van der Waals surface area contributed by atoms with Crippen molar-refractivity contribution in [1.82, 2.24) is 0 Å². The molecule has 0 aromatic heterocycles. The zero-order valence-corrected chi connectivity index (χ0v) is 10.9. The number of methoxy groups -OCH3 is 1. The van der Waals surface area contributed by atoms with Gasteiger partial charge in [0, 0.05) is 0 Å². The Morgan fingerprint density at radius 1 is 1.11 bits per heavy atom. The predicted molar refractivity (Wildman–Crippen MR) is 66.9 cm³/mol. The van der Waals surface area contributed by atoms with E-state index in [1.165, 1.54) is 7.11 Å². The highest BCUT2D eigenvalue weighted by molar-refractivity contribution is 5.95. The van der Waals surface area contributed by atoms with Crippen molar-refractivity contribution in [3.8, 4) is 0 Å². The van der Waals surface area contributed by atoms with Gasteiger partial charge in [-0.05, 0) is 25.8 Å². The molecule has 1 aromatic rings. The number of rotatable bonds is 5. The molecule has 1 atom stereocenters. The largest absolute Gasteiger partial charge is 0.468 e. The van der Waals surface area contributed by atoms with Crippen molar-refractivity contribution in [3.63, 3.8) is 0 Å². The minimum atomic E-state index is -0.903. The second-order valence-corrected chi connectivity index (χ2v) is 4.25. The van der Waals surface area contributed by atoms with E-state index < -0.39 is 17.9 Å². The van der Waals surface area contributed by atoms with Gasteiger partial charge in [0.2, 0.25) is 0 Å². The van der Waals surface area contributed by atoms with Crippen LogP contribution >= 0.6 is 0 Å². The quantitative estimate of drug-likeness (QED) is 0.592. The molecule has 0 amide bonds. The number of benzene rings is 1. The number of hydrogen-bond acceptors (Lipinski definition) is 4. The summed E-state index contributed by atoms with van der Waals surface area (Å²) in [5.41, 5.74) is 0.897. The van der Waals surface area contributed by atoms with Crippen molar-refractivity contribution < 1.29 is 19.1 Å². The van der Waals surface area contributed by atoms with Gasteiger partial charge in [0.05, 0.1) is 13.2 Å². The van der Waals surface area contributed by atoms with E-state index in [0.29, 0.717) is 6.42 Å². The normalized spacial score (nSPS) is 12.0. The van der Waals surface area contributed by atoms with Crippen molar-refractivity contribution >= 4 is 11.9 Å². The monoisotopic (exact) mass is 250 g/mol. The molecule has 0 N–H and O–H groups in total. The van der Waals surface area contributed by atoms with Crippen LogP contribution in [0.15, 0.2) is 30.3 Å². The van der Waals surface area contributed by atoms with Gasteiger partial charge in [-0.3, -0.25) is 9.59 Å². The number of carbonyl (C=O) groups is 2. The van der Waals surface area contributed by atoms with Crippen LogP contribution in [0.5, 0.6) is 0 Å². The first-order valence-corrected chi connectivity index (χ1v) is 5.86. The standard InChI is InChI=1S/C14H18O4/c1-10(2)18-14(16)12(13(15)17-3)9-11-7-5-4-6-8-11/h4-8,10,12H,9H2,1-3H3. The molecule has 0 radical (unpaired) electrons. The minimum absolute atomic E-state index is 0.250. The third-order valence-electron chi connectivity index (χ3n) is 2.40. The van der Waals surface area contributed by atoms with Crippen molar-refractivity contribution in [1.29, 1.82) is 0 Å². The molecule has 0 bridgehead atoms. The molecule has 98 valence electrons. The maximum atomic E-state index is 11.8. The summed E-state index contributed by atoms with van der Waals surface area (Å²) in [5, 5.41) is 0. The minimum Gasteiger partial charge on any atom is -0.468 e. The Bertz CT molecular complexity index is 398. The number of ether oxygens (including phenoxy) is 2. The first-order valence-electron chi connectivity index (χ1n) is 5.86. The van der Waals surface area contributed by atoms with Crippen molar-refractivity contribution in [2.75, 3.05) is 7.11 Å². The van der Waals surface area contributed by atoms with Gasteiger partial charge >= 0.3 is 11.9 Å². The fourth-order valence-electron chi connectivity index (χ4n) is 1.57. The van der Waals surface area contributed by atoms with E-state index in [0.717, 1.165) is 5.56 Å². The van der Waals surface area contributed by atoms with E-state index in [-0.39, 0.29) is 6.10 Å². The average Bonchev–Trinajstić information content (AvgIpc) is 2.35. The molecular weight excluding hydrogens is 232 g/mol. The van der Waals surface area contributed by atoms with Gasteiger partial charge in [0.25, 0.3) is 0 Å². The van der Waals surface area contributed by atoms with Gasteiger partial charge in [-0.1, -0.05) is 30.3 Å². The lowest BCUT2D eigenvalue weighted by Gasteiger charge is -2.15. The first kappa shape index (κ1) is 14.2. The molecule has 0 fully saturated rings. The third-order valence-corrected chi connectivity index (χ3v) is 2.40. The topological polar surface area (TPSA) is 52.6 Å². The highest BCUT2D eigenvalue weighted by Crippen LogP contribution is 2.13. The summed E-state index contributed by atoms with van der Waals surface area (Å²) in [4.78, 5) is 23.5. The lowest BCUT2D eigenvalue weighted by molar-refractivity contribution is -0.162. The van der Waals surface area contributed by atoms with Crippen LogP contribution in [0.2, 0.25) is 0 Å². The van der Waals surface area contributed by atoms with Gasteiger partial charge in [-0.15, -0.1) is 0 Å². The van der Waals surface area contributed by atoms with E-state index >= 15 is 0 Å². The maximum Gasteiger partial charge on any atom is 0.320 e. The molecular formula is C14H18O4. The summed E-state index contributed by atoms with van der Waals surface area (Å²) in [5.74, 6) is -2.01. The summed E-state index contributed by atoms with van der Waals surface area (Å²) in [6.45, 7) is 3.49. The lowest BCUT2D eigenvalue weighted by Crippen LogP contribution is -2.30. The average molecular weight is 250 g/mol. The Balaban J connectivity index is 2.79. The van der Waals surface area contributed by atoms with Crippen molar-refractivity contribution in [2.45, 2.75) is 26.4 Å². The maximum absolute atomic E-state index is 11.8. The summed E-state index contributed by atoms with van der Waals surface area (Å²) < 4.78 is 9.72. The molecule has 0 aliphatic carbocycles. The van der Waals surface area contributed by atoms with Gasteiger partial charge in [-0.25, -0.2) is 0 Å². The van der Waals surface area contributed by atoms with Crippen LogP contribution in [0.25, 0.3) is 0 Å². The molecule has 0 aliphatic rings. The molecule has 0 spiro atoms. The molecule has 0 saturated heterocycles. The molecule has 18 heavy (non-hydrogen) atoms. The fraction of sp³-hybridized carbons (Fsp3) is 0.429. The van der Waals surface area contributed by atoms with Crippen LogP contribution in [0.1, 0.15) is 19.4 Å². The summed E-state index contributed by atoms with van der Waals surface area (Å²) in [6.07, 6.45) is 0.0411. The molecule has 4 heteroatoms. The van der Waals surface area contributed by atoms with Crippen LogP contribution in [0.4, 0.5) is 0 Å². The lowest BCUT2D eigenvalue weighted by atomic mass is 9.99. The summed E-state index contributed by atoms with van der Waals surface area (Å²) in [6, 6.07) is 9.31. The van der Waals surface area contributed by atoms with Crippen molar-refractivity contribution in [2.24, 2.45) is 5.92 Å². The van der Waals surface area contributed by atoms with Crippen LogP contribution in [-0.4, -0.2) is 25.2 Å². The van der Waals surface area contributed by atoms with Gasteiger partial charge in [0.1, 0.15) is 0 Å². The van der Waals surface area contributed by atoms with E-state index in [9.17, 15) is 9.59 Å². The molecule has 4 nitrogen and oxygen atoms in total. The van der Waals surface area contributed by atoms with E-state index in [1.54, 1.807) is 13.8 Å². The van der Waals surface area contributed by atoms with Gasteiger partial charge < -0.3 is 9.47 Å². The van der Waals surface area contributed by atoms with E-state index in [4.69, 9.17) is 4.74 Å². The smallest absolute Gasteiger partial charge is 0.320 e. The predicted octanol–water partition coefficient (Wildman–Crippen LogP) is 1.97. The highest BCUT2D eigenvalue weighted by atomic mass is 16.6. The number of esters is 2. The Kier molecular flexibility index (Phi) is 5.36. The van der Waals surface area contributed by atoms with Crippen LogP contribution in [-0.2, 0) is 25.5 Å². The zero-order chi connectivity index (χ0) is 13.5. The summed E-state index contributed by atoms with van der Waals surface area (Å²) in [7, 11) is 1.27. The molecule has 1 rings (SSSR count). The second-order valence-electron chi connectivity index (χ2n) is 4.25.